The minimum absolute atomic E-state index is 0.0972. The van der Waals surface area contributed by atoms with Gasteiger partial charge in [0.15, 0.2) is 12.0 Å². The van der Waals surface area contributed by atoms with Crippen LogP contribution in [0.2, 0.25) is 0 Å². The Hall–Kier alpha value is -1.71. The second-order valence-corrected chi connectivity index (χ2v) is 1.86. The van der Waals surface area contributed by atoms with Gasteiger partial charge in [0.05, 0.1) is 0 Å². The Labute approximate surface area is 62.5 Å². The molecule has 0 unspecified atom stereocenters. The van der Waals surface area contributed by atoms with Crippen molar-refractivity contribution in [2.75, 3.05) is 0 Å². The molecule has 4 nitrogen and oxygen atoms in total. The number of aromatic nitrogens is 1. The Bertz CT molecular complexity index is 295. The number of pyridine rings is 1. The van der Waals surface area contributed by atoms with Crippen molar-refractivity contribution in [3.63, 3.8) is 0 Å². The molecule has 0 aliphatic heterocycles. The molecule has 56 valence electrons. The van der Waals surface area contributed by atoms with Crippen LogP contribution >= 0.6 is 0 Å². The van der Waals surface area contributed by atoms with E-state index < -0.39 is 5.97 Å². The zero-order valence-corrected chi connectivity index (χ0v) is 5.52. The highest BCUT2D eigenvalue weighted by Gasteiger charge is 2.08. The highest BCUT2D eigenvalue weighted by Crippen LogP contribution is 2.00. The highest BCUT2D eigenvalue weighted by atomic mass is 16.4. The van der Waals surface area contributed by atoms with Crippen LogP contribution in [0.15, 0.2) is 18.3 Å². The first-order chi connectivity index (χ1) is 5.25. The predicted octanol–water partition coefficient (Wildman–Crippen LogP) is 0.592. The number of carbonyl (C=O) groups is 2. The van der Waals surface area contributed by atoms with Gasteiger partial charge in [0.25, 0.3) is 0 Å². The fourth-order valence-corrected chi connectivity index (χ4v) is 0.692. The molecule has 1 N–H and O–H groups in total. The average Bonchev–Trinajstić information content (AvgIpc) is 2.04. The normalized spacial score (nSPS) is 9.09. The molecule has 0 atom stereocenters. The number of carboxylic acids is 1. The van der Waals surface area contributed by atoms with E-state index in [-0.39, 0.29) is 11.3 Å². The Morgan fingerprint density at radius 2 is 2.36 bits per heavy atom. The Morgan fingerprint density at radius 1 is 1.64 bits per heavy atom. The molecule has 0 saturated heterocycles. The lowest BCUT2D eigenvalue weighted by atomic mass is 10.2. The molecule has 0 aliphatic carbocycles. The van der Waals surface area contributed by atoms with Gasteiger partial charge >= 0.3 is 5.97 Å². The summed E-state index contributed by atoms with van der Waals surface area (Å²) in [5.41, 5.74) is -0.109. The third kappa shape index (κ3) is 1.40. The molecule has 0 aliphatic rings. The van der Waals surface area contributed by atoms with Crippen LogP contribution in [0.1, 0.15) is 20.8 Å². The van der Waals surface area contributed by atoms with Crippen LogP contribution in [0.25, 0.3) is 0 Å². The summed E-state index contributed by atoms with van der Waals surface area (Å²) in [5.74, 6) is -1.19. The summed E-state index contributed by atoms with van der Waals surface area (Å²) < 4.78 is 0. The number of nitrogens with zero attached hydrogens (tertiary/aromatic N) is 1. The summed E-state index contributed by atoms with van der Waals surface area (Å²) in [5, 5.41) is 8.48. The second kappa shape index (κ2) is 2.92. The van der Waals surface area contributed by atoms with E-state index in [2.05, 4.69) is 4.98 Å². The first kappa shape index (κ1) is 7.40. The van der Waals surface area contributed by atoms with Gasteiger partial charge in [-0.05, 0) is 12.1 Å². The fourth-order valence-electron chi connectivity index (χ4n) is 0.692. The van der Waals surface area contributed by atoms with Gasteiger partial charge in [-0.1, -0.05) is 0 Å². The summed E-state index contributed by atoms with van der Waals surface area (Å²) in [6.45, 7) is 0. The molecular formula is C7H5NO3. The summed E-state index contributed by atoms with van der Waals surface area (Å²) in [6.07, 6.45) is 1.80. The zero-order chi connectivity index (χ0) is 8.27. The lowest BCUT2D eigenvalue weighted by Crippen LogP contribution is -2.04. The molecule has 1 rings (SSSR count). The number of carboxylic acid groups (broad SMARTS) is 1. The van der Waals surface area contributed by atoms with Gasteiger partial charge in [0, 0.05) is 11.8 Å². The first-order valence-corrected chi connectivity index (χ1v) is 2.89. The third-order valence-corrected chi connectivity index (χ3v) is 1.17. The van der Waals surface area contributed by atoms with Crippen molar-refractivity contribution in [2.45, 2.75) is 0 Å². The molecule has 0 bridgehead atoms. The number of hydrogen-bond acceptors (Lipinski definition) is 3. The second-order valence-electron chi connectivity index (χ2n) is 1.86. The SMILES string of the molecule is O=Cc1cccnc1C(=O)O. The lowest BCUT2D eigenvalue weighted by molar-refractivity contribution is 0.0687. The Balaban J connectivity index is 3.22. The molecule has 1 heterocycles. The Morgan fingerprint density at radius 3 is 2.82 bits per heavy atom. The van der Waals surface area contributed by atoms with Crippen LogP contribution in [-0.4, -0.2) is 22.3 Å². The van der Waals surface area contributed by atoms with Crippen molar-refractivity contribution in [2.24, 2.45) is 0 Å². The van der Waals surface area contributed by atoms with E-state index in [9.17, 15) is 9.59 Å². The molecule has 1 aromatic heterocycles. The number of hydrogen-bond donors (Lipinski definition) is 1. The zero-order valence-electron chi connectivity index (χ0n) is 5.52. The van der Waals surface area contributed by atoms with Gasteiger partial charge in [-0.3, -0.25) is 4.79 Å². The molecule has 0 spiro atoms. The molecule has 0 aromatic carbocycles. The van der Waals surface area contributed by atoms with Crippen LogP contribution in [0.4, 0.5) is 0 Å². The monoisotopic (exact) mass is 151 g/mol. The first-order valence-electron chi connectivity index (χ1n) is 2.89. The largest absolute Gasteiger partial charge is 0.476 e. The molecule has 0 radical (unpaired) electrons. The van der Waals surface area contributed by atoms with Crippen LogP contribution in [0.3, 0.4) is 0 Å². The van der Waals surface area contributed by atoms with Crippen molar-refractivity contribution in [3.05, 3.63) is 29.6 Å². The fraction of sp³-hybridized carbons (Fsp3) is 0. The number of rotatable bonds is 2. The van der Waals surface area contributed by atoms with Gasteiger partial charge in [0.1, 0.15) is 0 Å². The predicted molar refractivity (Wildman–Crippen MR) is 36.6 cm³/mol. The van der Waals surface area contributed by atoms with Gasteiger partial charge in [0.2, 0.25) is 0 Å². The molecule has 0 saturated carbocycles. The summed E-state index contributed by atoms with van der Waals surface area (Å²) in [6, 6.07) is 2.92. The van der Waals surface area contributed by atoms with E-state index in [1.807, 2.05) is 0 Å². The maximum absolute atomic E-state index is 10.4. The van der Waals surface area contributed by atoms with Gasteiger partial charge in [-0.15, -0.1) is 0 Å². The summed E-state index contributed by atoms with van der Waals surface area (Å²) in [4.78, 5) is 24.1. The summed E-state index contributed by atoms with van der Waals surface area (Å²) in [7, 11) is 0. The number of carbonyl (C=O) groups excluding carboxylic acids is 1. The van der Waals surface area contributed by atoms with Gasteiger partial charge in [-0.25, -0.2) is 9.78 Å². The average molecular weight is 151 g/mol. The van der Waals surface area contributed by atoms with Crippen LogP contribution in [0.5, 0.6) is 0 Å². The Kier molecular flexibility index (Phi) is 1.96. The molecule has 1 aromatic rings. The topological polar surface area (TPSA) is 67.3 Å². The number of aromatic carboxylic acids is 1. The minimum Gasteiger partial charge on any atom is -0.476 e. The van der Waals surface area contributed by atoms with Crippen molar-refractivity contribution in [3.8, 4) is 0 Å². The molecule has 4 heteroatoms. The van der Waals surface area contributed by atoms with Gasteiger partial charge in [-0.2, -0.15) is 0 Å². The smallest absolute Gasteiger partial charge is 0.355 e. The van der Waals surface area contributed by atoms with Crippen molar-refractivity contribution in [1.82, 2.24) is 4.98 Å². The summed E-state index contributed by atoms with van der Waals surface area (Å²) >= 11 is 0. The van der Waals surface area contributed by atoms with Crippen LogP contribution in [-0.2, 0) is 0 Å². The number of aldehydes is 1. The highest BCUT2D eigenvalue weighted by molar-refractivity contribution is 5.95. The van der Waals surface area contributed by atoms with Gasteiger partial charge < -0.3 is 5.11 Å². The third-order valence-electron chi connectivity index (χ3n) is 1.17. The minimum atomic E-state index is -1.19. The van der Waals surface area contributed by atoms with Crippen LogP contribution < -0.4 is 0 Å². The van der Waals surface area contributed by atoms with E-state index in [1.54, 1.807) is 0 Å². The maximum Gasteiger partial charge on any atom is 0.355 e. The van der Waals surface area contributed by atoms with E-state index in [4.69, 9.17) is 5.11 Å². The van der Waals surface area contributed by atoms with E-state index in [1.165, 1.54) is 18.3 Å². The standard InChI is InChI=1S/C7H5NO3/c9-4-5-2-1-3-8-6(5)7(10)11/h1-4H,(H,10,11). The van der Waals surface area contributed by atoms with Crippen LogP contribution in [0, 0.1) is 0 Å². The lowest BCUT2D eigenvalue weighted by Gasteiger charge is -1.94. The molecule has 0 fully saturated rings. The van der Waals surface area contributed by atoms with E-state index in [0.717, 1.165) is 0 Å². The molecular weight excluding hydrogens is 146 g/mol. The molecule has 0 amide bonds. The van der Waals surface area contributed by atoms with E-state index >= 15 is 0 Å². The van der Waals surface area contributed by atoms with Crippen molar-refractivity contribution >= 4 is 12.3 Å². The quantitative estimate of drug-likeness (QED) is 0.628. The van der Waals surface area contributed by atoms with Crippen molar-refractivity contribution in [1.29, 1.82) is 0 Å². The molecule has 11 heavy (non-hydrogen) atoms. The van der Waals surface area contributed by atoms with Crippen molar-refractivity contribution < 1.29 is 14.7 Å². The maximum atomic E-state index is 10.4. The van der Waals surface area contributed by atoms with E-state index in [0.29, 0.717) is 6.29 Å².